The number of aromatic amines is 1. The van der Waals surface area contributed by atoms with Crippen LogP contribution in [0.5, 0.6) is 23.0 Å². The predicted molar refractivity (Wildman–Crippen MR) is 143 cm³/mol. The molecule has 1 heterocycles. The molecule has 0 aliphatic rings. The lowest BCUT2D eigenvalue weighted by atomic mass is 10.2. The number of aryl methyl sites for hydroxylation is 1. The number of phenols is 1. The third kappa shape index (κ3) is 7.08. The summed E-state index contributed by atoms with van der Waals surface area (Å²) in [6.45, 7) is 3.87. The number of hydrogen-bond acceptors (Lipinski definition) is 5. The molecule has 8 nitrogen and oxygen atoms in total. The number of rotatable bonds is 10. The van der Waals surface area contributed by atoms with Crippen LogP contribution in [0.2, 0.25) is 0 Å². The summed E-state index contributed by atoms with van der Waals surface area (Å²) >= 11 is 0. The quantitative estimate of drug-likeness (QED) is 0.127. The third-order valence-corrected chi connectivity index (χ3v) is 5.14. The van der Waals surface area contributed by atoms with Crippen LogP contribution in [0.4, 0.5) is 0 Å². The predicted octanol–water partition coefficient (Wildman–Crippen LogP) is 4.21. The molecule has 33 heavy (non-hydrogen) atoms. The number of aromatic nitrogens is 1. The molecule has 2 aromatic carbocycles. The molecule has 9 heteroatoms. The largest absolute Gasteiger partial charge is 0.508 e. The number of hydrogen-bond donors (Lipinski definition) is 4. The molecule has 3 rings (SSSR count). The number of aromatic hydroxyl groups is 1. The minimum Gasteiger partial charge on any atom is -0.508 e. The van der Waals surface area contributed by atoms with Crippen LogP contribution in [0.3, 0.4) is 0 Å². The average Bonchev–Trinajstić information content (AvgIpc) is 3.23. The summed E-state index contributed by atoms with van der Waals surface area (Å²) < 4.78 is 16.1. The molecule has 0 amide bonds. The van der Waals surface area contributed by atoms with Gasteiger partial charge in [-0.15, -0.1) is 24.0 Å². The number of aliphatic imine (C=N–C) groups is 1. The first-order chi connectivity index (χ1) is 15.6. The number of methoxy groups -OCH3 is 3. The summed E-state index contributed by atoms with van der Waals surface area (Å²) in [7, 11) is 4.91. The fourth-order valence-electron chi connectivity index (χ4n) is 3.47. The molecule has 0 saturated carbocycles. The van der Waals surface area contributed by atoms with Gasteiger partial charge in [-0.1, -0.05) is 0 Å². The second-order valence-electron chi connectivity index (χ2n) is 7.31. The summed E-state index contributed by atoms with van der Waals surface area (Å²) in [6, 6.07) is 11.1. The van der Waals surface area contributed by atoms with E-state index < -0.39 is 0 Å². The summed E-state index contributed by atoms with van der Waals surface area (Å²) in [5.74, 6) is 3.16. The minimum atomic E-state index is 0. The summed E-state index contributed by atoms with van der Waals surface area (Å²) in [6.07, 6.45) is 1.80. The Morgan fingerprint density at radius 3 is 2.48 bits per heavy atom. The Morgan fingerprint density at radius 2 is 1.79 bits per heavy atom. The highest BCUT2D eigenvalue weighted by Gasteiger charge is 2.09. The van der Waals surface area contributed by atoms with Gasteiger partial charge in [0.05, 0.1) is 33.4 Å². The minimum absolute atomic E-state index is 0. The van der Waals surface area contributed by atoms with Crippen molar-refractivity contribution in [3.63, 3.8) is 0 Å². The van der Waals surface area contributed by atoms with Gasteiger partial charge in [-0.05, 0) is 44.0 Å². The SMILES string of the molecule is CCNC(=NCc1cc(OC)ccc1O)NCCCc1cc2c(OC)cc(OC)cc2[nH]1.I. The van der Waals surface area contributed by atoms with E-state index in [0.29, 0.717) is 23.8 Å². The summed E-state index contributed by atoms with van der Waals surface area (Å²) in [5.41, 5.74) is 2.85. The van der Waals surface area contributed by atoms with Gasteiger partial charge in [0, 0.05) is 41.9 Å². The van der Waals surface area contributed by atoms with Crippen LogP contribution in [0.15, 0.2) is 41.4 Å². The molecule has 0 aliphatic carbocycles. The lowest BCUT2D eigenvalue weighted by Gasteiger charge is -2.12. The molecular weight excluding hydrogens is 535 g/mol. The molecule has 0 unspecified atom stereocenters. The van der Waals surface area contributed by atoms with Crippen LogP contribution < -0.4 is 24.8 Å². The van der Waals surface area contributed by atoms with E-state index in [1.54, 1.807) is 39.5 Å². The van der Waals surface area contributed by atoms with Crippen molar-refractivity contribution in [3.05, 3.63) is 47.7 Å². The van der Waals surface area contributed by atoms with Crippen LogP contribution in [0, 0.1) is 0 Å². The maximum Gasteiger partial charge on any atom is 0.191 e. The van der Waals surface area contributed by atoms with Gasteiger partial charge in [-0.25, -0.2) is 4.99 Å². The molecule has 3 aromatic rings. The number of H-pyrrole nitrogens is 1. The van der Waals surface area contributed by atoms with E-state index in [-0.39, 0.29) is 29.7 Å². The second kappa shape index (κ2) is 13.0. The van der Waals surface area contributed by atoms with Crippen molar-refractivity contribution >= 4 is 40.8 Å². The monoisotopic (exact) mass is 568 g/mol. The van der Waals surface area contributed by atoms with Crippen molar-refractivity contribution in [2.75, 3.05) is 34.4 Å². The van der Waals surface area contributed by atoms with E-state index in [1.807, 2.05) is 19.1 Å². The first-order valence-corrected chi connectivity index (χ1v) is 10.7. The Kier molecular flexibility index (Phi) is 10.4. The van der Waals surface area contributed by atoms with Gasteiger partial charge in [0.25, 0.3) is 0 Å². The number of nitrogens with zero attached hydrogens (tertiary/aromatic N) is 1. The first kappa shape index (κ1) is 26.4. The average molecular weight is 568 g/mol. The molecule has 0 spiro atoms. The van der Waals surface area contributed by atoms with Crippen molar-refractivity contribution in [1.82, 2.24) is 15.6 Å². The van der Waals surface area contributed by atoms with Crippen molar-refractivity contribution in [2.24, 2.45) is 4.99 Å². The Hall–Kier alpha value is -2.82. The smallest absolute Gasteiger partial charge is 0.191 e. The highest BCUT2D eigenvalue weighted by Crippen LogP contribution is 2.31. The fourth-order valence-corrected chi connectivity index (χ4v) is 3.47. The Bertz CT molecular complexity index is 1070. The molecule has 0 aliphatic heterocycles. The van der Waals surface area contributed by atoms with Gasteiger partial charge >= 0.3 is 0 Å². The highest BCUT2D eigenvalue weighted by molar-refractivity contribution is 14.0. The Morgan fingerprint density at radius 1 is 1.00 bits per heavy atom. The lowest BCUT2D eigenvalue weighted by molar-refractivity contribution is 0.398. The van der Waals surface area contributed by atoms with Gasteiger partial charge in [-0.3, -0.25) is 0 Å². The standard InChI is InChI=1S/C24H32N4O4.HI/c1-5-25-24(27-15-16-11-18(30-2)8-9-22(16)29)26-10-6-7-17-12-20-21(28-17)13-19(31-3)14-23(20)32-4;/h8-9,11-14,28-29H,5-7,10,15H2,1-4H3,(H2,25,26,27);1H. The van der Waals surface area contributed by atoms with Crippen LogP contribution in [-0.4, -0.2) is 50.5 Å². The number of guanidine groups is 1. The number of halogens is 1. The molecule has 4 N–H and O–H groups in total. The number of nitrogens with one attached hydrogen (secondary N) is 3. The van der Waals surface area contributed by atoms with Gasteiger partial charge in [-0.2, -0.15) is 0 Å². The van der Waals surface area contributed by atoms with Crippen LogP contribution in [-0.2, 0) is 13.0 Å². The molecule has 180 valence electrons. The van der Waals surface area contributed by atoms with E-state index in [0.717, 1.165) is 54.0 Å². The molecule has 0 saturated heterocycles. The maximum absolute atomic E-state index is 10.1. The molecule has 0 bridgehead atoms. The highest BCUT2D eigenvalue weighted by atomic mass is 127. The van der Waals surface area contributed by atoms with E-state index in [9.17, 15) is 5.11 Å². The Balaban J connectivity index is 0.00000385. The zero-order valence-electron chi connectivity index (χ0n) is 19.5. The number of phenolic OH excluding ortho intramolecular Hbond substituents is 1. The van der Waals surface area contributed by atoms with Crippen molar-refractivity contribution < 1.29 is 19.3 Å². The summed E-state index contributed by atoms with van der Waals surface area (Å²) in [5, 5.41) is 17.7. The molecular formula is C24H33IN4O4. The van der Waals surface area contributed by atoms with E-state index in [2.05, 4.69) is 26.7 Å². The number of benzene rings is 2. The number of ether oxygens (including phenoxy) is 3. The third-order valence-electron chi connectivity index (χ3n) is 5.14. The van der Waals surface area contributed by atoms with Crippen LogP contribution in [0.1, 0.15) is 24.6 Å². The maximum atomic E-state index is 10.1. The fraction of sp³-hybridized carbons (Fsp3) is 0.375. The van der Waals surface area contributed by atoms with Crippen molar-refractivity contribution in [3.8, 4) is 23.0 Å². The number of fused-ring (bicyclic) bond motifs is 1. The molecule has 0 fully saturated rings. The van der Waals surface area contributed by atoms with E-state index in [4.69, 9.17) is 14.2 Å². The normalized spacial score (nSPS) is 11.1. The van der Waals surface area contributed by atoms with Crippen molar-refractivity contribution in [1.29, 1.82) is 0 Å². The molecule has 0 atom stereocenters. The topological polar surface area (TPSA) is 100 Å². The van der Waals surface area contributed by atoms with Crippen molar-refractivity contribution in [2.45, 2.75) is 26.3 Å². The Labute approximate surface area is 211 Å². The zero-order valence-corrected chi connectivity index (χ0v) is 21.9. The lowest BCUT2D eigenvalue weighted by Crippen LogP contribution is -2.37. The van der Waals surface area contributed by atoms with Gasteiger partial charge in [0.15, 0.2) is 5.96 Å². The molecule has 1 aromatic heterocycles. The molecule has 0 radical (unpaired) electrons. The second-order valence-corrected chi connectivity index (χ2v) is 7.31. The van der Waals surface area contributed by atoms with Crippen LogP contribution in [0.25, 0.3) is 10.9 Å². The van der Waals surface area contributed by atoms with Gasteiger partial charge < -0.3 is 34.9 Å². The van der Waals surface area contributed by atoms with Gasteiger partial charge in [0.2, 0.25) is 0 Å². The van der Waals surface area contributed by atoms with Gasteiger partial charge in [0.1, 0.15) is 23.0 Å². The first-order valence-electron chi connectivity index (χ1n) is 10.7. The van der Waals surface area contributed by atoms with E-state index in [1.165, 1.54) is 0 Å². The zero-order chi connectivity index (χ0) is 22.9. The van der Waals surface area contributed by atoms with Crippen LogP contribution >= 0.6 is 24.0 Å². The summed E-state index contributed by atoms with van der Waals surface area (Å²) in [4.78, 5) is 8.03. The van der Waals surface area contributed by atoms with E-state index >= 15 is 0 Å².